The lowest BCUT2D eigenvalue weighted by Crippen LogP contribution is -2.48. The number of nitrogens with one attached hydrogen (secondary N) is 2. The first-order valence-electron chi connectivity index (χ1n) is 6.43. The number of carbonyl (C=O) groups is 2. The lowest BCUT2D eigenvalue weighted by molar-refractivity contribution is -0.137. The molecule has 6 nitrogen and oxygen atoms in total. The first-order valence-corrected chi connectivity index (χ1v) is 6.43. The molecule has 104 valence electrons. The van der Waals surface area contributed by atoms with Crippen LogP contribution in [0.1, 0.15) is 27.2 Å². The highest BCUT2D eigenvalue weighted by Gasteiger charge is 2.31. The molecule has 1 heterocycles. The largest absolute Gasteiger partial charge is 0.392 e. The van der Waals surface area contributed by atoms with E-state index in [4.69, 9.17) is 0 Å². The molecule has 0 radical (unpaired) electrons. The van der Waals surface area contributed by atoms with Gasteiger partial charge in [-0.1, -0.05) is 0 Å². The van der Waals surface area contributed by atoms with E-state index in [1.165, 1.54) is 4.90 Å². The van der Waals surface area contributed by atoms with Gasteiger partial charge in [-0.2, -0.15) is 0 Å². The molecule has 2 unspecified atom stereocenters. The number of aliphatic hydroxyl groups is 1. The Hall–Kier alpha value is -1.14. The maximum Gasteiger partial charge on any atom is 0.240 e. The third-order valence-electron chi connectivity index (χ3n) is 2.88. The van der Waals surface area contributed by atoms with Gasteiger partial charge in [-0.15, -0.1) is 0 Å². The minimum absolute atomic E-state index is 0.0673. The van der Waals surface area contributed by atoms with Crippen molar-refractivity contribution < 1.29 is 14.7 Å². The average molecular weight is 257 g/mol. The van der Waals surface area contributed by atoms with Crippen LogP contribution in [0, 0.1) is 0 Å². The maximum atomic E-state index is 12.1. The van der Waals surface area contributed by atoms with Crippen molar-refractivity contribution in [3.8, 4) is 0 Å². The van der Waals surface area contributed by atoms with E-state index in [2.05, 4.69) is 10.6 Å². The molecule has 0 aromatic carbocycles. The second-order valence-corrected chi connectivity index (χ2v) is 4.92. The van der Waals surface area contributed by atoms with E-state index in [1.807, 2.05) is 20.8 Å². The van der Waals surface area contributed by atoms with Crippen molar-refractivity contribution in [1.82, 2.24) is 15.5 Å². The second-order valence-electron chi connectivity index (χ2n) is 4.92. The summed E-state index contributed by atoms with van der Waals surface area (Å²) >= 11 is 0. The minimum Gasteiger partial charge on any atom is -0.392 e. The first kappa shape index (κ1) is 14.9. The fourth-order valence-electron chi connectivity index (χ4n) is 2.01. The molecular formula is C12H23N3O3. The Balaban J connectivity index is 2.49. The predicted molar refractivity (Wildman–Crippen MR) is 67.9 cm³/mol. The zero-order valence-corrected chi connectivity index (χ0v) is 11.3. The smallest absolute Gasteiger partial charge is 0.240 e. The monoisotopic (exact) mass is 257 g/mol. The molecular weight excluding hydrogens is 234 g/mol. The Kier molecular flexibility index (Phi) is 5.55. The molecule has 2 amide bonds. The highest BCUT2D eigenvalue weighted by atomic mass is 16.3. The van der Waals surface area contributed by atoms with Crippen LogP contribution < -0.4 is 10.6 Å². The van der Waals surface area contributed by atoms with Gasteiger partial charge in [0, 0.05) is 19.1 Å². The number of rotatable bonds is 5. The molecule has 1 saturated heterocycles. The van der Waals surface area contributed by atoms with Crippen molar-refractivity contribution in [3.05, 3.63) is 0 Å². The van der Waals surface area contributed by atoms with Crippen LogP contribution in [0.15, 0.2) is 0 Å². The van der Waals surface area contributed by atoms with E-state index in [0.717, 1.165) is 0 Å². The quantitative estimate of drug-likeness (QED) is 0.595. The zero-order chi connectivity index (χ0) is 13.7. The average Bonchev–Trinajstić information content (AvgIpc) is 2.70. The van der Waals surface area contributed by atoms with Crippen LogP contribution in [0.3, 0.4) is 0 Å². The van der Waals surface area contributed by atoms with Gasteiger partial charge >= 0.3 is 0 Å². The number of hydrogen-bond acceptors (Lipinski definition) is 4. The molecule has 0 aromatic heterocycles. The molecule has 1 aliphatic rings. The Morgan fingerprint density at radius 3 is 2.61 bits per heavy atom. The number of likely N-dealkylation sites (N-methyl/N-ethyl adjacent to an activating group) is 1. The first-order chi connectivity index (χ1) is 8.43. The lowest BCUT2D eigenvalue weighted by atomic mass is 10.2. The number of carbonyl (C=O) groups excluding carboxylic acids is 2. The Labute approximate surface area is 108 Å². The van der Waals surface area contributed by atoms with Crippen molar-refractivity contribution in [3.63, 3.8) is 0 Å². The van der Waals surface area contributed by atoms with Gasteiger partial charge in [-0.25, -0.2) is 0 Å². The van der Waals surface area contributed by atoms with Crippen LogP contribution >= 0.6 is 0 Å². The highest BCUT2D eigenvalue weighted by Crippen LogP contribution is 2.09. The van der Waals surface area contributed by atoms with Gasteiger partial charge in [0.15, 0.2) is 0 Å². The molecule has 0 aliphatic carbocycles. The van der Waals surface area contributed by atoms with Crippen LogP contribution in [0.4, 0.5) is 0 Å². The van der Waals surface area contributed by atoms with Crippen molar-refractivity contribution in [2.24, 2.45) is 0 Å². The van der Waals surface area contributed by atoms with E-state index in [0.29, 0.717) is 19.5 Å². The maximum absolute atomic E-state index is 12.1. The van der Waals surface area contributed by atoms with Crippen molar-refractivity contribution in [2.75, 3.05) is 19.6 Å². The summed E-state index contributed by atoms with van der Waals surface area (Å²) in [5.41, 5.74) is 0. The summed E-state index contributed by atoms with van der Waals surface area (Å²) < 4.78 is 0. The van der Waals surface area contributed by atoms with Crippen molar-refractivity contribution in [2.45, 2.75) is 45.4 Å². The van der Waals surface area contributed by atoms with Gasteiger partial charge < -0.3 is 20.6 Å². The summed E-state index contributed by atoms with van der Waals surface area (Å²) in [6, 6.07) is -0.301. The molecule has 0 saturated carbocycles. The summed E-state index contributed by atoms with van der Waals surface area (Å²) in [4.78, 5) is 25.3. The molecule has 0 spiro atoms. The molecule has 1 fully saturated rings. The number of hydrogen-bond donors (Lipinski definition) is 3. The number of β-amino-alcohol motifs (C(OH)–C–C–N with tert-alkyl or cyclic N) is 1. The van der Waals surface area contributed by atoms with E-state index < -0.39 is 6.10 Å². The Bertz CT molecular complexity index is 307. The molecule has 3 N–H and O–H groups in total. The second kappa shape index (κ2) is 6.70. The van der Waals surface area contributed by atoms with Crippen LogP contribution in [0.5, 0.6) is 0 Å². The van der Waals surface area contributed by atoms with Gasteiger partial charge in [-0.3, -0.25) is 9.59 Å². The minimum atomic E-state index is -0.470. The van der Waals surface area contributed by atoms with E-state index >= 15 is 0 Å². The number of amides is 2. The topological polar surface area (TPSA) is 81.7 Å². The van der Waals surface area contributed by atoms with Gasteiger partial charge in [-0.05, 0) is 27.2 Å². The van der Waals surface area contributed by atoms with Crippen LogP contribution in [0.2, 0.25) is 0 Å². The predicted octanol–water partition coefficient (Wildman–Crippen LogP) is -0.918. The van der Waals surface area contributed by atoms with Gasteiger partial charge in [0.1, 0.15) is 0 Å². The molecule has 0 aromatic rings. The third kappa shape index (κ3) is 4.27. The molecule has 2 atom stereocenters. The van der Waals surface area contributed by atoms with Crippen molar-refractivity contribution in [1.29, 1.82) is 0 Å². The molecule has 0 bridgehead atoms. The highest BCUT2D eigenvalue weighted by molar-refractivity contribution is 5.87. The van der Waals surface area contributed by atoms with Crippen LogP contribution in [-0.2, 0) is 9.59 Å². The summed E-state index contributed by atoms with van der Waals surface area (Å²) in [6.07, 6.45) is -0.0524. The number of aliphatic hydroxyl groups excluding tert-OH is 1. The summed E-state index contributed by atoms with van der Waals surface area (Å²) in [7, 11) is 0. The fraction of sp³-hybridized carbons (Fsp3) is 0.833. The zero-order valence-electron chi connectivity index (χ0n) is 11.3. The lowest BCUT2D eigenvalue weighted by Gasteiger charge is -2.24. The van der Waals surface area contributed by atoms with E-state index in [1.54, 1.807) is 0 Å². The third-order valence-corrected chi connectivity index (χ3v) is 2.88. The van der Waals surface area contributed by atoms with Crippen molar-refractivity contribution >= 4 is 11.8 Å². The Morgan fingerprint density at radius 2 is 2.17 bits per heavy atom. The van der Waals surface area contributed by atoms with E-state index in [9.17, 15) is 14.7 Å². The normalized spacial score (nSPS) is 23.2. The van der Waals surface area contributed by atoms with E-state index in [-0.39, 0.29) is 30.4 Å². The molecule has 18 heavy (non-hydrogen) atoms. The standard InChI is InChI=1S/C12H23N3O3/c1-4-15(7-11(17)14-8(2)3)12(18)10-5-9(16)6-13-10/h8-10,13,16H,4-7H2,1-3H3,(H,14,17). The number of nitrogens with zero attached hydrogens (tertiary/aromatic N) is 1. The van der Waals surface area contributed by atoms with Gasteiger partial charge in [0.25, 0.3) is 0 Å². The summed E-state index contributed by atoms with van der Waals surface area (Å²) in [6.45, 7) is 6.59. The summed E-state index contributed by atoms with van der Waals surface area (Å²) in [5.74, 6) is -0.272. The molecule has 6 heteroatoms. The SMILES string of the molecule is CCN(CC(=O)NC(C)C)C(=O)C1CC(O)CN1. The van der Waals surface area contributed by atoms with Crippen LogP contribution in [0.25, 0.3) is 0 Å². The fourth-order valence-corrected chi connectivity index (χ4v) is 2.01. The van der Waals surface area contributed by atoms with Gasteiger partial charge in [0.05, 0.1) is 18.7 Å². The summed E-state index contributed by atoms with van der Waals surface area (Å²) in [5, 5.41) is 15.1. The molecule has 1 aliphatic heterocycles. The Morgan fingerprint density at radius 1 is 1.50 bits per heavy atom. The molecule has 1 rings (SSSR count). The van der Waals surface area contributed by atoms with Crippen LogP contribution in [-0.4, -0.2) is 59.6 Å². The van der Waals surface area contributed by atoms with Gasteiger partial charge in [0.2, 0.25) is 11.8 Å².